The molecular weight excluding hydrogens is 437 g/mol. The van der Waals surface area contributed by atoms with Crippen LogP contribution in [0.1, 0.15) is 37.7 Å². The van der Waals surface area contributed by atoms with Crippen molar-refractivity contribution >= 4 is 17.6 Å². The highest BCUT2D eigenvalue weighted by Crippen LogP contribution is 2.26. The fourth-order valence-corrected chi connectivity index (χ4v) is 3.03. The van der Waals surface area contributed by atoms with Crippen LogP contribution in [-0.2, 0) is 11.3 Å². The quantitative estimate of drug-likeness (QED) is 0.271. The lowest BCUT2D eigenvalue weighted by atomic mass is 10.1. The second-order valence-corrected chi connectivity index (χ2v) is 6.77. The molecule has 11 heteroatoms. The number of amides is 1. The Hall–Kier alpha value is -3.76. The van der Waals surface area contributed by atoms with E-state index in [1.54, 1.807) is 0 Å². The lowest BCUT2D eigenvalue weighted by Crippen LogP contribution is -2.15. The van der Waals surface area contributed by atoms with Gasteiger partial charge in [-0.1, -0.05) is 0 Å². The molecule has 0 aliphatic rings. The molecular formula is C21H16F5N3O3. The van der Waals surface area contributed by atoms with Crippen molar-refractivity contribution in [3.8, 4) is 0 Å². The van der Waals surface area contributed by atoms with Gasteiger partial charge in [0.2, 0.25) is 5.82 Å². The van der Waals surface area contributed by atoms with Gasteiger partial charge in [-0.3, -0.25) is 9.48 Å². The molecule has 1 aromatic heterocycles. The van der Waals surface area contributed by atoms with Crippen molar-refractivity contribution in [3.05, 3.63) is 81.4 Å². The van der Waals surface area contributed by atoms with Gasteiger partial charge in [0.1, 0.15) is 0 Å². The first-order valence-corrected chi connectivity index (χ1v) is 9.10. The van der Waals surface area contributed by atoms with Crippen LogP contribution in [0.3, 0.4) is 0 Å². The summed E-state index contributed by atoms with van der Waals surface area (Å²) in [6, 6.07) is 5.58. The van der Waals surface area contributed by atoms with E-state index in [0.29, 0.717) is 0 Å². The molecule has 0 atom stereocenters. The van der Waals surface area contributed by atoms with E-state index in [4.69, 9.17) is 0 Å². The third-order valence-electron chi connectivity index (χ3n) is 4.80. The average molecular weight is 453 g/mol. The Labute approximate surface area is 178 Å². The number of nitrogens with one attached hydrogen (secondary N) is 1. The maximum Gasteiger partial charge on any atom is 0.337 e. The Morgan fingerprint density at radius 3 is 1.94 bits per heavy atom. The molecule has 0 bridgehead atoms. The molecule has 6 nitrogen and oxygen atoms in total. The number of nitrogens with zero attached hydrogens (tertiary/aromatic N) is 2. The van der Waals surface area contributed by atoms with Gasteiger partial charge in [0.15, 0.2) is 23.3 Å². The molecule has 168 valence electrons. The Kier molecular flexibility index (Phi) is 6.28. The second kappa shape index (κ2) is 8.77. The highest BCUT2D eigenvalue weighted by Gasteiger charge is 2.27. The number of aromatic nitrogens is 2. The summed E-state index contributed by atoms with van der Waals surface area (Å²) in [6.07, 6.45) is 0. The molecule has 1 N–H and O–H groups in total. The number of ether oxygens (including phenoxy) is 1. The maximum absolute atomic E-state index is 14.0. The normalized spacial score (nSPS) is 10.9. The molecule has 0 saturated carbocycles. The van der Waals surface area contributed by atoms with Gasteiger partial charge in [0.25, 0.3) is 5.91 Å². The molecule has 0 unspecified atom stereocenters. The monoisotopic (exact) mass is 453 g/mol. The van der Waals surface area contributed by atoms with Crippen LogP contribution in [0.4, 0.5) is 27.6 Å². The highest BCUT2D eigenvalue weighted by molar-refractivity contribution is 6.05. The summed E-state index contributed by atoms with van der Waals surface area (Å²) < 4.78 is 73.8. The van der Waals surface area contributed by atoms with Gasteiger partial charge in [0, 0.05) is 5.56 Å². The molecule has 1 heterocycles. The number of halogens is 5. The number of anilines is 1. The Morgan fingerprint density at radius 2 is 1.41 bits per heavy atom. The first-order valence-electron chi connectivity index (χ1n) is 9.10. The van der Waals surface area contributed by atoms with Gasteiger partial charge < -0.3 is 10.1 Å². The Balaban J connectivity index is 1.88. The summed E-state index contributed by atoms with van der Waals surface area (Å²) in [5, 5.41) is 6.62. The predicted octanol–water partition coefficient (Wildman–Crippen LogP) is 4.28. The molecule has 2 aromatic carbocycles. The number of benzene rings is 2. The number of rotatable bonds is 5. The second-order valence-electron chi connectivity index (χ2n) is 6.77. The molecule has 3 rings (SSSR count). The Bertz CT molecular complexity index is 1190. The van der Waals surface area contributed by atoms with E-state index in [1.165, 1.54) is 45.2 Å². The fourth-order valence-electron chi connectivity index (χ4n) is 3.03. The van der Waals surface area contributed by atoms with Crippen molar-refractivity contribution in [1.82, 2.24) is 9.78 Å². The van der Waals surface area contributed by atoms with E-state index in [2.05, 4.69) is 15.2 Å². The number of hydrogen-bond acceptors (Lipinski definition) is 4. The number of aryl methyl sites for hydroxylation is 1. The van der Waals surface area contributed by atoms with Crippen LogP contribution >= 0.6 is 0 Å². The molecule has 0 aliphatic heterocycles. The summed E-state index contributed by atoms with van der Waals surface area (Å²) in [6.45, 7) is 2.21. The first kappa shape index (κ1) is 22.9. The summed E-state index contributed by atoms with van der Waals surface area (Å²) in [4.78, 5) is 24.0. The largest absolute Gasteiger partial charge is 0.465 e. The van der Waals surface area contributed by atoms with Crippen LogP contribution in [0.25, 0.3) is 0 Å². The van der Waals surface area contributed by atoms with E-state index in [1.807, 2.05) is 0 Å². The predicted molar refractivity (Wildman–Crippen MR) is 103 cm³/mol. The minimum atomic E-state index is -2.25. The topological polar surface area (TPSA) is 73.2 Å². The lowest BCUT2D eigenvalue weighted by molar-refractivity contribution is 0.0600. The summed E-state index contributed by atoms with van der Waals surface area (Å²) >= 11 is 0. The average Bonchev–Trinajstić information content (AvgIpc) is 3.06. The third-order valence-corrected chi connectivity index (χ3v) is 4.80. The molecule has 32 heavy (non-hydrogen) atoms. The zero-order chi connectivity index (χ0) is 23.7. The standard InChI is InChI=1S/C21H16F5N3O3/c1-9-19(27-20(30)11-4-6-12(7-5-11)21(31)32-3)10(2)29(28-9)8-13-14(22)16(24)18(26)17(25)15(13)23/h4-7H,8H2,1-3H3,(H,27,30). The summed E-state index contributed by atoms with van der Waals surface area (Å²) in [5.74, 6) is -11.4. The molecule has 3 aromatic rings. The van der Waals surface area contributed by atoms with Crippen LogP contribution in [0.2, 0.25) is 0 Å². The molecule has 1 amide bonds. The van der Waals surface area contributed by atoms with Gasteiger partial charge in [0.05, 0.1) is 41.9 Å². The fraction of sp³-hybridized carbons (Fsp3) is 0.190. The number of carbonyl (C=O) groups excluding carboxylic acids is 2. The minimum Gasteiger partial charge on any atom is -0.465 e. The van der Waals surface area contributed by atoms with Crippen LogP contribution in [0.15, 0.2) is 24.3 Å². The third kappa shape index (κ3) is 4.05. The molecule has 0 radical (unpaired) electrons. The summed E-state index contributed by atoms with van der Waals surface area (Å²) in [7, 11) is 1.22. The van der Waals surface area contributed by atoms with Gasteiger partial charge in [-0.2, -0.15) is 5.10 Å². The maximum atomic E-state index is 14.0. The van der Waals surface area contributed by atoms with Crippen molar-refractivity contribution in [2.24, 2.45) is 0 Å². The Morgan fingerprint density at radius 1 is 0.906 bits per heavy atom. The van der Waals surface area contributed by atoms with Crippen LogP contribution < -0.4 is 5.32 Å². The van der Waals surface area contributed by atoms with Crippen LogP contribution in [0.5, 0.6) is 0 Å². The molecule has 0 aliphatic carbocycles. The van der Waals surface area contributed by atoms with Crippen molar-refractivity contribution in [1.29, 1.82) is 0 Å². The van der Waals surface area contributed by atoms with E-state index in [-0.39, 0.29) is 28.2 Å². The number of methoxy groups -OCH3 is 1. The zero-order valence-corrected chi connectivity index (χ0v) is 17.0. The smallest absolute Gasteiger partial charge is 0.337 e. The van der Waals surface area contributed by atoms with Gasteiger partial charge in [-0.05, 0) is 38.1 Å². The van der Waals surface area contributed by atoms with E-state index in [0.717, 1.165) is 4.68 Å². The molecule has 0 fully saturated rings. The number of esters is 1. The minimum absolute atomic E-state index is 0.198. The highest BCUT2D eigenvalue weighted by atomic mass is 19.2. The van der Waals surface area contributed by atoms with E-state index >= 15 is 0 Å². The van der Waals surface area contributed by atoms with E-state index < -0.39 is 53.1 Å². The van der Waals surface area contributed by atoms with Gasteiger partial charge >= 0.3 is 5.97 Å². The van der Waals surface area contributed by atoms with Crippen LogP contribution in [-0.4, -0.2) is 28.8 Å². The van der Waals surface area contributed by atoms with Crippen molar-refractivity contribution < 1.29 is 36.3 Å². The van der Waals surface area contributed by atoms with Crippen molar-refractivity contribution in [3.63, 3.8) is 0 Å². The first-order chi connectivity index (χ1) is 15.1. The lowest BCUT2D eigenvalue weighted by Gasteiger charge is -2.10. The number of hydrogen-bond donors (Lipinski definition) is 1. The van der Waals surface area contributed by atoms with E-state index in [9.17, 15) is 31.5 Å². The molecule has 0 spiro atoms. The van der Waals surface area contributed by atoms with Crippen molar-refractivity contribution in [2.45, 2.75) is 20.4 Å². The summed E-state index contributed by atoms with van der Waals surface area (Å²) in [5.41, 5.74) is 0.0760. The molecule has 0 saturated heterocycles. The van der Waals surface area contributed by atoms with Crippen LogP contribution in [0, 0.1) is 42.9 Å². The zero-order valence-electron chi connectivity index (χ0n) is 17.0. The van der Waals surface area contributed by atoms with Crippen molar-refractivity contribution in [2.75, 3.05) is 12.4 Å². The number of carbonyl (C=O) groups is 2. The van der Waals surface area contributed by atoms with Gasteiger partial charge in [-0.15, -0.1) is 0 Å². The van der Waals surface area contributed by atoms with Gasteiger partial charge in [-0.25, -0.2) is 26.7 Å². The SMILES string of the molecule is COC(=O)c1ccc(C(=O)Nc2c(C)nn(Cc3c(F)c(F)c(F)c(F)c3F)c2C)cc1.